The van der Waals surface area contributed by atoms with E-state index in [4.69, 9.17) is 15.2 Å². The number of allylic oxidation sites excluding steroid dienone is 1. The molecule has 1 aliphatic heterocycles. The summed E-state index contributed by atoms with van der Waals surface area (Å²) in [4.78, 5) is 12.1. The van der Waals surface area contributed by atoms with Gasteiger partial charge in [-0.1, -0.05) is 12.1 Å². The Labute approximate surface area is 118 Å². The lowest BCUT2D eigenvalue weighted by molar-refractivity contribution is -0.137. The summed E-state index contributed by atoms with van der Waals surface area (Å²) < 4.78 is 48.1. The molecule has 0 spiro atoms. The van der Waals surface area contributed by atoms with Gasteiger partial charge in [0.15, 0.2) is 0 Å². The maximum atomic E-state index is 12.7. The van der Waals surface area contributed by atoms with Crippen LogP contribution < -0.4 is 5.73 Å². The fourth-order valence-electron chi connectivity index (χ4n) is 1.81. The van der Waals surface area contributed by atoms with Crippen LogP contribution in [0.1, 0.15) is 18.1 Å². The van der Waals surface area contributed by atoms with E-state index in [1.807, 2.05) is 0 Å². The van der Waals surface area contributed by atoms with E-state index >= 15 is 0 Å². The summed E-state index contributed by atoms with van der Waals surface area (Å²) in [6, 6.07) is 4.34. The third-order valence-corrected chi connectivity index (χ3v) is 2.75. The molecule has 1 aromatic rings. The number of hydrogen-bond donors (Lipinski definition) is 1. The number of ether oxygens (including phenoxy) is 2. The summed E-state index contributed by atoms with van der Waals surface area (Å²) in [5.74, 6) is -1.01. The number of carbonyl (C=O) groups is 1. The molecule has 0 aliphatic carbocycles. The van der Waals surface area contributed by atoms with Crippen molar-refractivity contribution in [3.05, 3.63) is 53.3 Å². The zero-order valence-corrected chi connectivity index (χ0v) is 11.0. The molecular formula is C14H12F3NO3. The minimum Gasteiger partial charge on any atom is -0.497 e. The van der Waals surface area contributed by atoms with Gasteiger partial charge in [-0.15, -0.1) is 0 Å². The van der Waals surface area contributed by atoms with Crippen LogP contribution in [0.25, 0.3) is 5.57 Å². The zero-order chi connectivity index (χ0) is 15.6. The average molecular weight is 299 g/mol. The molecule has 1 aliphatic rings. The summed E-state index contributed by atoms with van der Waals surface area (Å²) in [5, 5.41) is 0. The summed E-state index contributed by atoms with van der Waals surface area (Å²) in [7, 11) is 0. The van der Waals surface area contributed by atoms with Crippen LogP contribution >= 0.6 is 0 Å². The van der Waals surface area contributed by atoms with Crippen molar-refractivity contribution in [3.63, 3.8) is 0 Å². The van der Waals surface area contributed by atoms with Gasteiger partial charge in [-0.2, -0.15) is 13.2 Å². The Morgan fingerprint density at radius 1 is 1.38 bits per heavy atom. The van der Waals surface area contributed by atoms with Gasteiger partial charge in [0.05, 0.1) is 17.7 Å². The number of rotatable bonds is 3. The third kappa shape index (κ3) is 3.01. The molecule has 2 rings (SSSR count). The predicted octanol–water partition coefficient (Wildman–Crippen LogP) is 2.81. The van der Waals surface area contributed by atoms with Crippen LogP contribution in [0.2, 0.25) is 0 Å². The van der Waals surface area contributed by atoms with Crippen LogP contribution in [0.15, 0.2) is 42.2 Å². The number of hydrogen-bond acceptors (Lipinski definition) is 4. The molecule has 7 heteroatoms. The topological polar surface area (TPSA) is 61.6 Å². The van der Waals surface area contributed by atoms with Gasteiger partial charge < -0.3 is 15.2 Å². The van der Waals surface area contributed by atoms with Gasteiger partial charge in [-0.05, 0) is 24.6 Å². The SMILES string of the molecule is CCOC=C1OC(N)=C(c2cccc(C(F)(F)F)c2)C1=O. The monoisotopic (exact) mass is 299 g/mol. The molecule has 0 fully saturated rings. The molecule has 0 saturated carbocycles. The summed E-state index contributed by atoms with van der Waals surface area (Å²) in [6.45, 7) is 2.03. The van der Waals surface area contributed by atoms with Crippen LogP contribution in [-0.2, 0) is 20.4 Å². The summed E-state index contributed by atoms with van der Waals surface area (Å²) in [6.07, 6.45) is -3.41. The van der Waals surface area contributed by atoms with Crippen molar-refractivity contribution in [1.82, 2.24) is 0 Å². The van der Waals surface area contributed by atoms with E-state index in [-0.39, 0.29) is 22.8 Å². The molecule has 112 valence electrons. The van der Waals surface area contributed by atoms with E-state index in [0.717, 1.165) is 18.4 Å². The molecule has 0 amide bonds. The van der Waals surface area contributed by atoms with Crippen molar-refractivity contribution in [3.8, 4) is 0 Å². The number of nitrogens with two attached hydrogens (primary N) is 1. The highest BCUT2D eigenvalue weighted by Crippen LogP contribution is 2.34. The van der Waals surface area contributed by atoms with Crippen molar-refractivity contribution >= 4 is 11.4 Å². The molecule has 0 saturated heterocycles. The highest BCUT2D eigenvalue weighted by molar-refractivity contribution is 6.30. The second-order valence-electron chi connectivity index (χ2n) is 4.19. The van der Waals surface area contributed by atoms with Gasteiger partial charge in [0.2, 0.25) is 17.4 Å². The molecule has 0 unspecified atom stereocenters. The Kier molecular flexibility index (Phi) is 3.93. The van der Waals surface area contributed by atoms with Crippen LogP contribution in [0, 0.1) is 0 Å². The number of Topliss-reactive ketones (excluding diaryl/α,β-unsaturated/α-hetero) is 1. The molecular weight excluding hydrogens is 287 g/mol. The maximum absolute atomic E-state index is 12.7. The fourth-order valence-corrected chi connectivity index (χ4v) is 1.81. The predicted molar refractivity (Wildman–Crippen MR) is 68.4 cm³/mol. The standard InChI is InChI=1S/C14H12F3NO3/c1-2-20-7-10-12(19)11(13(18)21-10)8-4-3-5-9(6-8)14(15,16)17/h3-7H,2,18H2,1H3. The first kappa shape index (κ1) is 15.0. The number of alkyl halides is 3. The number of carbonyl (C=O) groups excluding carboxylic acids is 1. The van der Waals surface area contributed by atoms with Crippen LogP contribution in [0.3, 0.4) is 0 Å². The molecule has 0 radical (unpaired) electrons. The normalized spacial score (nSPS) is 17.3. The van der Waals surface area contributed by atoms with Gasteiger partial charge in [-0.3, -0.25) is 4.79 Å². The van der Waals surface area contributed by atoms with E-state index in [1.54, 1.807) is 6.92 Å². The van der Waals surface area contributed by atoms with Gasteiger partial charge >= 0.3 is 6.18 Å². The number of halogens is 3. The van der Waals surface area contributed by atoms with Crippen LogP contribution in [0.4, 0.5) is 13.2 Å². The van der Waals surface area contributed by atoms with E-state index in [2.05, 4.69) is 0 Å². The van der Waals surface area contributed by atoms with Gasteiger partial charge in [-0.25, -0.2) is 0 Å². The lowest BCUT2D eigenvalue weighted by atomic mass is 10.0. The number of ketones is 1. The van der Waals surface area contributed by atoms with Crippen molar-refractivity contribution in [1.29, 1.82) is 0 Å². The zero-order valence-electron chi connectivity index (χ0n) is 11.0. The molecule has 21 heavy (non-hydrogen) atoms. The Morgan fingerprint density at radius 2 is 2.10 bits per heavy atom. The van der Waals surface area contributed by atoms with Crippen molar-refractivity contribution < 1.29 is 27.4 Å². The maximum Gasteiger partial charge on any atom is 0.416 e. The molecule has 0 atom stereocenters. The lowest BCUT2D eigenvalue weighted by Crippen LogP contribution is -2.07. The van der Waals surface area contributed by atoms with Gasteiger partial charge in [0, 0.05) is 0 Å². The van der Waals surface area contributed by atoms with Gasteiger partial charge in [0.1, 0.15) is 6.26 Å². The van der Waals surface area contributed by atoms with Gasteiger partial charge in [0.25, 0.3) is 0 Å². The largest absolute Gasteiger partial charge is 0.497 e. The van der Waals surface area contributed by atoms with Crippen LogP contribution in [-0.4, -0.2) is 12.4 Å². The highest BCUT2D eigenvalue weighted by atomic mass is 19.4. The molecule has 1 aromatic carbocycles. The molecule has 4 nitrogen and oxygen atoms in total. The Morgan fingerprint density at radius 3 is 2.71 bits per heavy atom. The first-order chi connectivity index (χ1) is 9.84. The minimum absolute atomic E-state index is 0.0484. The molecule has 1 heterocycles. The van der Waals surface area contributed by atoms with E-state index < -0.39 is 17.5 Å². The van der Waals surface area contributed by atoms with Crippen LogP contribution in [0.5, 0.6) is 0 Å². The van der Waals surface area contributed by atoms with Crippen molar-refractivity contribution in [2.24, 2.45) is 5.73 Å². The summed E-state index contributed by atoms with van der Waals surface area (Å²) >= 11 is 0. The highest BCUT2D eigenvalue weighted by Gasteiger charge is 2.34. The molecule has 0 bridgehead atoms. The molecule has 2 N–H and O–H groups in total. The number of benzene rings is 1. The minimum atomic E-state index is -4.50. The van der Waals surface area contributed by atoms with Crippen molar-refractivity contribution in [2.45, 2.75) is 13.1 Å². The second kappa shape index (κ2) is 5.51. The third-order valence-electron chi connectivity index (χ3n) is 2.75. The van der Waals surface area contributed by atoms with E-state index in [0.29, 0.717) is 6.61 Å². The fraction of sp³-hybridized carbons (Fsp3) is 0.214. The first-order valence-corrected chi connectivity index (χ1v) is 6.06. The lowest BCUT2D eigenvalue weighted by Gasteiger charge is -2.08. The summed E-state index contributed by atoms with van der Waals surface area (Å²) in [5.41, 5.74) is 4.66. The molecule has 0 aromatic heterocycles. The van der Waals surface area contributed by atoms with Crippen molar-refractivity contribution in [2.75, 3.05) is 6.61 Å². The average Bonchev–Trinajstić information content (AvgIpc) is 2.70. The Bertz CT molecular complexity index is 633. The Balaban J connectivity index is 2.39. The second-order valence-corrected chi connectivity index (χ2v) is 4.19. The quantitative estimate of drug-likeness (QED) is 0.688. The smallest absolute Gasteiger partial charge is 0.416 e. The Hall–Kier alpha value is -2.44. The van der Waals surface area contributed by atoms with E-state index in [1.165, 1.54) is 12.1 Å². The van der Waals surface area contributed by atoms with E-state index in [9.17, 15) is 18.0 Å². The first-order valence-electron chi connectivity index (χ1n) is 6.06.